The van der Waals surface area contributed by atoms with E-state index in [0.29, 0.717) is 11.1 Å². The van der Waals surface area contributed by atoms with Gasteiger partial charge in [0.15, 0.2) is 0 Å². The van der Waals surface area contributed by atoms with E-state index in [1.165, 1.54) is 0 Å². The van der Waals surface area contributed by atoms with Gasteiger partial charge in [-0.1, -0.05) is 26.0 Å². The lowest BCUT2D eigenvalue weighted by atomic mass is 9.74. The second kappa shape index (κ2) is 4.78. The average molecular weight is 309 g/mol. The summed E-state index contributed by atoms with van der Waals surface area (Å²) < 4.78 is 5.86. The topological polar surface area (TPSA) is 49.8 Å². The van der Waals surface area contributed by atoms with Crippen molar-refractivity contribution in [2.75, 3.05) is 0 Å². The van der Waals surface area contributed by atoms with Crippen LogP contribution in [0.5, 0.6) is 0 Å². The summed E-state index contributed by atoms with van der Waals surface area (Å²) in [4.78, 5) is 14.4. The van der Waals surface area contributed by atoms with Crippen LogP contribution < -0.4 is 0 Å². The molecule has 2 aliphatic carbocycles. The van der Waals surface area contributed by atoms with Crippen molar-refractivity contribution >= 4 is 23.3 Å². The molecule has 4 atom stereocenters. The van der Waals surface area contributed by atoms with Crippen LogP contribution in [-0.2, 0) is 9.53 Å². The fourth-order valence-corrected chi connectivity index (χ4v) is 5.16. The lowest BCUT2D eigenvalue weighted by molar-refractivity contribution is -0.135. The summed E-state index contributed by atoms with van der Waals surface area (Å²) in [5, 5.41) is 10.2. The maximum atomic E-state index is 12.7. The number of nitrogens with zero attached hydrogens (tertiary/aromatic N) is 1. The van der Waals surface area contributed by atoms with E-state index >= 15 is 0 Å². The van der Waals surface area contributed by atoms with E-state index in [1.807, 2.05) is 6.92 Å². The zero-order valence-corrected chi connectivity index (χ0v) is 13.7. The molecule has 1 N–H and O–H groups in total. The van der Waals surface area contributed by atoms with Gasteiger partial charge in [0, 0.05) is 0 Å². The molecule has 21 heavy (non-hydrogen) atoms. The van der Waals surface area contributed by atoms with Gasteiger partial charge < -0.3 is 9.84 Å². The number of carbonyl (C=O) groups is 1. The Bertz CT molecular complexity index is 516. The third-order valence-corrected chi connectivity index (χ3v) is 6.19. The van der Waals surface area contributed by atoms with E-state index in [0.717, 1.165) is 19.3 Å². The predicted octanol–water partition coefficient (Wildman–Crippen LogP) is 2.40. The van der Waals surface area contributed by atoms with Gasteiger partial charge in [0.2, 0.25) is 5.91 Å². The Morgan fingerprint density at radius 1 is 1.62 bits per heavy atom. The van der Waals surface area contributed by atoms with Gasteiger partial charge in [0.25, 0.3) is 5.17 Å². The molecule has 0 aromatic carbocycles. The molecule has 1 spiro atoms. The molecule has 116 valence electrons. The van der Waals surface area contributed by atoms with Crippen molar-refractivity contribution in [1.29, 1.82) is 0 Å². The Labute approximate surface area is 131 Å². The van der Waals surface area contributed by atoms with Gasteiger partial charge in [0.1, 0.15) is 6.10 Å². The van der Waals surface area contributed by atoms with Gasteiger partial charge in [-0.25, -0.2) is 0 Å². The summed E-state index contributed by atoms with van der Waals surface area (Å²) in [6.07, 6.45) is 5.76. The number of aliphatic hydroxyl groups excluding tert-OH is 1. The maximum Gasteiger partial charge on any atom is 0.267 e. The fourth-order valence-electron chi connectivity index (χ4n) is 4.78. The molecular formula is C16H23NO3S. The molecule has 3 aliphatic rings. The van der Waals surface area contributed by atoms with Gasteiger partial charge in [-0.05, 0) is 49.7 Å². The second-order valence-corrected chi connectivity index (χ2v) is 7.37. The largest absolute Gasteiger partial charge is 0.465 e. The number of fused-ring (bicyclic) bond motifs is 1. The number of hydrogen-bond acceptors (Lipinski definition) is 4. The van der Waals surface area contributed by atoms with Crippen LogP contribution in [0.1, 0.15) is 46.5 Å². The molecule has 1 aliphatic heterocycles. The molecule has 0 aromatic heterocycles. The molecule has 0 unspecified atom stereocenters. The zero-order chi connectivity index (χ0) is 15.4. The number of carbonyl (C=O) groups excluding carboxylic acids is 1. The lowest BCUT2D eigenvalue weighted by Crippen LogP contribution is -2.57. The first-order valence-corrected chi connectivity index (χ1v) is 8.10. The maximum absolute atomic E-state index is 12.7. The molecule has 3 fully saturated rings. The van der Waals surface area contributed by atoms with Crippen LogP contribution in [0.15, 0.2) is 12.2 Å². The molecule has 0 radical (unpaired) electrons. The van der Waals surface area contributed by atoms with Crippen molar-refractivity contribution in [2.24, 2.45) is 11.3 Å². The summed E-state index contributed by atoms with van der Waals surface area (Å²) in [6.45, 7) is 6.28. The predicted molar refractivity (Wildman–Crippen MR) is 83.6 cm³/mol. The highest BCUT2D eigenvalue weighted by molar-refractivity contribution is 7.80. The number of aliphatic hydroxyl groups is 1. The summed E-state index contributed by atoms with van der Waals surface area (Å²) in [5.74, 6) is 0.463. The molecule has 5 heteroatoms. The summed E-state index contributed by atoms with van der Waals surface area (Å²) in [7, 11) is 0. The van der Waals surface area contributed by atoms with Crippen LogP contribution in [0, 0.1) is 11.3 Å². The number of hydrogen-bond donors (Lipinski definition) is 1. The van der Waals surface area contributed by atoms with Crippen LogP contribution in [-0.4, -0.2) is 38.8 Å². The molecule has 3 rings (SSSR count). The Kier molecular flexibility index (Phi) is 3.41. The first kappa shape index (κ1) is 15.0. The highest BCUT2D eigenvalue weighted by Gasteiger charge is 2.72. The smallest absolute Gasteiger partial charge is 0.267 e. The first-order valence-electron chi connectivity index (χ1n) is 7.69. The standard InChI is InChI=1S/C16H23NO3S/c1-4-5-11(18)9-13(19)17-14(21)20-12-8-10-6-7-16(12,17)15(10,2)3/h4-5,10-12,18H,6-9H2,1-3H3/b5-4+/t10-,11+,12-,16-/m1/s1. The number of thiocarbonyl (C=S) groups is 1. The molecule has 1 heterocycles. The third kappa shape index (κ3) is 1.83. The van der Waals surface area contributed by atoms with Gasteiger partial charge in [-0.2, -0.15) is 0 Å². The van der Waals surface area contributed by atoms with Gasteiger partial charge in [0.05, 0.1) is 18.1 Å². The number of allylic oxidation sites excluding steroid dienone is 1. The number of amides is 1. The SMILES string of the molecule is C/C=C/[C@H](O)CC(=O)N1C(=S)O[C@@H]2C[C@H]3CC[C@]21C3(C)C. The summed E-state index contributed by atoms with van der Waals surface area (Å²) in [6, 6.07) is 0. The summed E-state index contributed by atoms with van der Waals surface area (Å²) in [5.41, 5.74) is -0.291. The van der Waals surface area contributed by atoms with E-state index in [2.05, 4.69) is 13.8 Å². The Hall–Kier alpha value is -0.940. The van der Waals surface area contributed by atoms with Crippen molar-refractivity contribution in [3.8, 4) is 0 Å². The summed E-state index contributed by atoms with van der Waals surface area (Å²) >= 11 is 5.33. The number of ether oxygens (including phenoxy) is 1. The Morgan fingerprint density at radius 2 is 2.33 bits per heavy atom. The fraction of sp³-hybridized carbons (Fsp3) is 0.750. The molecule has 2 saturated carbocycles. The minimum atomic E-state index is -0.762. The highest BCUT2D eigenvalue weighted by atomic mass is 32.1. The number of rotatable bonds is 3. The molecule has 1 saturated heterocycles. The molecular weight excluding hydrogens is 286 g/mol. The van der Waals surface area contributed by atoms with Crippen LogP contribution in [0.25, 0.3) is 0 Å². The zero-order valence-electron chi connectivity index (χ0n) is 12.8. The van der Waals surface area contributed by atoms with Crippen molar-refractivity contribution < 1.29 is 14.6 Å². The highest BCUT2D eigenvalue weighted by Crippen LogP contribution is 2.65. The second-order valence-electron chi connectivity index (χ2n) is 7.02. The van der Waals surface area contributed by atoms with Crippen molar-refractivity contribution in [1.82, 2.24) is 4.90 Å². The van der Waals surface area contributed by atoms with Gasteiger partial charge >= 0.3 is 0 Å². The minimum Gasteiger partial charge on any atom is -0.465 e. The lowest BCUT2D eigenvalue weighted by Gasteiger charge is -2.42. The van der Waals surface area contributed by atoms with Crippen LogP contribution in [0.4, 0.5) is 0 Å². The quantitative estimate of drug-likeness (QED) is 0.642. The monoisotopic (exact) mass is 309 g/mol. The molecule has 2 bridgehead atoms. The molecule has 0 aromatic rings. The van der Waals surface area contributed by atoms with Crippen molar-refractivity contribution in [3.63, 3.8) is 0 Å². The first-order chi connectivity index (χ1) is 9.84. The Balaban J connectivity index is 1.90. The van der Waals surface area contributed by atoms with Crippen molar-refractivity contribution in [3.05, 3.63) is 12.2 Å². The average Bonchev–Trinajstić information content (AvgIpc) is 2.89. The van der Waals surface area contributed by atoms with E-state index in [1.54, 1.807) is 17.1 Å². The van der Waals surface area contributed by atoms with Crippen molar-refractivity contribution in [2.45, 2.75) is 64.2 Å². The third-order valence-electron chi connectivity index (χ3n) is 5.91. The molecule has 4 nitrogen and oxygen atoms in total. The minimum absolute atomic E-state index is 0.0133. The van der Waals surface area contributed by atoms with E-state index in [9.17, 15) is 9.90 Å². The van der Waals surface area contributed by atoms with Crippen LogP contribution in [0.3, 0.4) is 0 Å². The van der Waals surface area contributed by atoms with Gasteiger partial charge in [-0.3, -0.25) is 9.69 Å². The molecule has 1 amide bonds. The van der Waals surface area contributed by atoms with E-state index in [4.69, 9.17) is 17.0 Å². The normalized spacial score (nSPS) is 37.9. The van der Waals surface area contributed by atoms with Crippen LogP contribution >= 0.6 is 12.2 Å². The van der Waals surface area contributed by atoms with Crippen LogP contribution in [0.2, 0.25) is 0 Å². The van der Waals surface area contributed by atoms with E-state index in [-0.39, 0.29) is 29.4 Å². The Morgan fingerprint density at radius 3 is 2.95 bits per heavy atom. The van der Waals surface area contributed by atoms with Gasteiger partial charge in [-0.15, -0.1) is 0 Å². The van der Waals surface area contributed by atoms with E-state index < -0.39 is 6.10 Å².